The summed E-state index contributed by atoms with van der Waals surface area (Å²) in [5.41, 5.74) is 2.97. The Morgan fingerprint density at radius 3 is 2.72 bits per heavy atom. The number of carbonyl (C=O) groups excluding carboxylic acids is 1. The van der Waals surface area contributed by atoms with E-state index in [2.05, 4.69) is 42.9 Å². The lowest BCUT2D eigenvalue weighted by Gasteiger charge is -2.47. The highest BCUT2D eigenvalue weighted by Gasteiger charge is 2.36. The van der Waals surface area contributed by atoms with Gasteiger partial charge in [-0.25, -0.2) is 9.38 Å². The van der Waals surface area contributed by atoms with Crippen LogP contribution in [0.25, 0.3) is 6.08 Å². The summed E-state index contributed by atoms with van der Waals surface area (Å²) in [7, 11) is 0. The standard InChI is InChI=1S/C24H24Cl2FN3OS/c1-5-30-20-11-19(27)14(8-16(20)13(2)12-24(30,3)4)9-21-22(31)29-23(32-21)28-15-6-7-17(25)18(26)10-15/h6-11,13H,5,12H2,1-4H3,(H,28,29,31)/b21-9+. The highest BCUT2D eigenvalue weighted by atomic mass is 35.5. The quantitative estimate of drug-likeness (QED) is 0.464. The number of amides is 1. The van der Waals surface area contributed by atoms with Crippen LogP contribution in [0.3, 0.4) is 0 Å². The molecule has 1 N–H and O–H groups in total. The minimum atomic E-state index is -0.345. The molecule has 2 aromatic rings. The van der Waals surface area contributed by atoms with Gasteiger partial charge in [-0.15, -0.1) is 0 Å². The number of thioether (sulfide) groups is 1. The Morgan fingerprint density at radius 2 is 2.03 bits per heavy atom. The van der Waals surface area contributed by atoms with Gasteiger partial charge in [0, 0.05) is 23.3 Å². The van der Waals surface area contributed by atoms with Crippen LogP contribution in [-0.4, -0.2) is 23.2 Å². The van der Waals surface area contributed by atoms with Gasteiger partial charge in [0.1, 0.15) is 5.82 Å². The van der Waals surface area contributed by atoms with E-state index in [9.17, 15) is 4.79 Å². The minimum Gasteiger partial charge on any atom is -0.366 e. The van der Waals surface area contributed by atoms with Crippen molar-refractivity contribution in [1.29, 1.82) is 0 Å². The first kappa shape index (κ1) is 23.1. The fourth-order valence-electron chi connectivity index (χ4n) is 4.52. The molecule has 168 valence electrons. The Balaban J connectivity index is 1.66. The predicted octanol–water partition coefficient (Wildman–Crippen LogP) is 7.14. The van der Waals surface area contributed by atoms with Crippen molar-refractivity contribution in [3.05, 3.63) is 62.2 Å². The number of fused-ring (bicyclic) bond motifs is 1. The molecule has 0 saturated carbocycles. The number of rotatable bonds is 3. The number of carbonyl (C=O) groups is 1. The molecule has 1 fully saturated rings. The first-order chi connectivity index (χ1) is 15.1. The molecule has 32 heavy (non-hydrogen) atoms. The number of anilines is 1. The van der Waals surface area contributed by atoms with Crippen molar-refractivity contribution in [3.8, 4) is 0 Å². The first-order valence-electron chi connectivity index (χ1n) is 10.4. The average Bonchev–Trinajstić information content (AvgIpc) is 3.04. The molecule has 1 amide bonds. The maximum atomic E-state index is 15.1. The molecule has 1 saturated heterocycles. The van der Waals surface area contributed by atoms with E-state index in [0.29, 0.717) is 31.4 Å². The largest absolute Gasteiger partial charge is 0.366 e. The highest BCUT2D eigenvalue weighted by molar-refractivity contribution is 8.18. The molecule has 4 nitrogen and oxygen atoms in total. The summed E-state index contributed by atoms with van der Waals surface area (Å²) in [6.07, 6.45) is 2.57. The summed E-state index contributed by atoms with van der Waals surface area (Å²) in [4.78, 5) is 19.5. The lowest BCUT2D eigenvalue weighted by atomic mass is 9.79. The third kappa shape index (κ3) is 4.41. The molecule has 2 heterocycles. The van der Waals surface area contributed by atoms with Crippen LogP contribution in [0.5, 0.6) is 0 Å². The Morgan fingerprint density at radius 1 is 1.28 bits per heavy atom. The molecule has 4 rings (SSSR count). The lowest BCUT2D eigenvalue weighted by Crippen LogP contribution is -2.48. The number of hydrogen-bond donors (Lipinski definition) is 1. The van der Waals surface area contributed by atoms with Crippen LogP contribution < -0.4 is 10.2 Å². The summed E-state index contributed by atoms with van der Waals surface area (Å²) in [5, 5.41) is 3.95. The predicted molar refractivity (Wildman–Crippen MR) is 134 cm³/mol. The molecule has 1 atom stereocenters. The molecule has 2 aromatic carbocycles. The summed E-state index contributed by atoms with van der Waals surface area (Å²) >= 11 is 13.1. The maximum Gasteiger partial charge on any atom is 0.264 e. The van der Waals surface area contributed by atoms with E-state index in [0.717, 1.165) is 24.2 Å². The van der Waals surface area contributed by atoms with Gasteiger partial charge in [-0.1, -0.05) is 30.1 Å². The van der Waals surface area contributed by atoms with E-state index in [1.165, 1.54) is 11.8 Å². The third-order valence-corrected chi connectivity index (χ3v) is 7.54. The van der Waals surface area contributed by atoms with E-state index in [-0.39, 0.29) is 23.2 Å². The Labute approximate surface area is 201 Å². The van der Waals surface area contributed by atoms with E-state index in [4.69, 9.17) is 23.2 Å². The number of aliphatic imine (C=N–C) groups is 1. The Kier molecular flexibility index (Phi) is 6.31. The topological polar surface area (TPSA) is 44.7 Å². The molecule has 0 radical (unpaired) electrons. The minimum absolute atomic E-state index is 0.0370. The normalized spacial score (nSPS) is 22.4. The molecule has 0 bridgehead atoms. The molecule has 8 heteroatoms. The zero-order valence-electron chi connectivity index (χ0n) is 18.3. The molecule has 1 unspecified atom stereocenters. The van der Waals surface area contributed by atoms with Gasteiger partial charge < -0.3 is 10.2 Å². The van der Waals surface area contributed by atoms with Gasteiger partial charge in [-0.05, 0) is 86.8 Å². The van der Waals surface area contributed by atoms with Crippen molar-refractivity contribution in [3.63, 3.8) is 0 Å². The SMILES string of the molecule is CCN1c2cc(F)c(/C=C3/SC(=Nc4ccc(Cl)c(Cl)c4)NC3=O)cc2C(C)CC1(C)C. The van der Waals surface area contributed by atoms with E-state index in [1.807, 2.05) is 6.07 Å². The molecule has 2 aliphatic heterocycles. The highest BCUT2D eigenvalue weighted by Crippen LogP contribution is 2.44. The molecule has 0 spiro atoms. The fraction of sp³-hybridized carbons (Fsp3) is 0.333. The smallest absolute Gasteiger partial charge is 0.264 e. The molecule has 2 aliphatic rings. The van der Waals surface area contributed by atoms with Gasteiger partial charge in [-0.2, -0.15) is 0 Å². The van der Waals surface area contributed by atoms with Crippen molar-refractivity contribution >= 4 is 63.5 Å². The average molecular weight is 492 g/mol. The number of hydrogen-bond acceptors (Lipinski definition) is 4. The van der Waals surface area contributed by atoms with Crippen molar-refractivity contribution in [2.45, 2.75) is 45.6 Å². The van der Waals surface area contributed by atoms with Crippen LogP contribution in [0.15, 0.2) is 40.2 Å². The van der Waals surface area contributed by atoms with Gasteiger partial charge >= 0.3 is 0 Å². The summed E-state index contributed by atoms with van der Waals surface area (Å²) < 4.78 is 15.1. The second-order valence-corrected chi connectivity index (χ2v) is 10.5. The van der Waals surface area contributed by atoms with Crippen LogP contribution in [0.4, 0.5) is 15.8 Å². The second-order valence-electron chi connectivity index (χ2n) is 8.67. The van der Waals surface area contributed by atoms with Gasteiger partial charge in [0.15, 0.2) is 5.17 Å². The first-order valence-corrected chi connectivity index (χ1v) is 12.0. The lowest BCUT2D eigenvalue weighted by molar-refractivity contribution is -0.115. The molecule has 0 aliphatic carbocycles. The van der Waals surface area contributed by atoms with Crippen LogP contribution in [0.2, 0.25) is 10.0 Å². The fourth-order valence-corrected chi connectivity index (χ4v) is 5.65. The van der Waals surface area contributed by atoms with E-state index in [1.54, 1.807) is 30.3 Å². The molecular weight excluding hydrogens is 468 g/mol. The summed E-state index contributed by atoms with van der Waals surface area (Å²) in [5.74, 6) is -0.365. The number of nitrogens with one attached hydrogen (secondary N) is 1. The molecular formula is C24H24Cl2FN3OS. The van der Waals surface area contributed by atoms with Crippen LogP contribution in [0, 0.1) is 5.82 Å². The van der Waals surface area contributed by atoms with Gasteiger partial charge in [-0.3, -0.25) is 4.79 Å². The maximum absolute atomic E-state index is 15.1. The number of nitrogens with zero attached hydrogens (tertiary/aromatic N) is 2. The van der Waals surface area contributed by atoms with Gasteiger partial charge in [0.25, 0.3) is 5.91 Å². The van der Waals surface area contributed by atoms with Crippen molar-refractivity contribution in [2.24, 2.45) is 4.99 Å². The number of benzene rings is 2. The van der Waals surface area contributed by atoms with Crippen LogP contribution in [-0.2, 0) is 4.79 Å². The van der Waals surface area contributed by atoms with Gasteiger partial charge in [0.2, 0.25) is 0 Å². The van der Waals surface area contributed by atoms with E-state index >= 15 is 4.39 Å². The number of amidine groups is 1. The second kappa shape index (κ2) is 8.73. The summed E-state index contributed by atoms with van der Waals surface area (Å²) in [6, 6.07) is 8.46. The van der Waals surface area contributed by atoms with E-state index < -0.39 is 0 Å². The zero-order chi connectivity index (χ0) is 23.2. The zero-order valence-corrected chi connectivity index (χ0v) is 20.6. The van der Waals surface area contributed by atoms with Crippen molar-refractivity contribution in [2.75, 3.05) is 11.4 Å². The Hall–Kier alpha value is -2.02. The van der Waals surface area contributed by atoms with Gasteiger partial charge in [0.05, 0.1) is 20.6 Å². The Bertz CT molecular complexity index is 1160. The van der Waals surface area contributed by atoms with Crippen LogP contribution >= 0.6 is 35.0 Å². The van der Waals surface area contributed by atoms with Crippen molar-refractivity contribution in [1.82, 2.24) is 5.32 Å². The monoisotopic (exact) mass is 491 g/mol. The van der Waals surface area contributed by atoms with Crippen LogP contribution in [0.1, 0.15) is 51.2 Å². The summed E-state index contributed by atoms with van der Waals surface area (Å²) in [6.45, 7) is 9.44. The van der Waals surface area contributed by atoms with Crippen molar-refractivity contribution < 1.29 is 9.18 Å². The number of halogens is 3. The third-order valence-electron chi connectivity index (χ3n) is 5.89. The molecule has 0 aromatic heterocycles.